The van der Waals surface area contributed by atoms with Crippen LogP contribution < -0.4 is 20.3 Å². The molecule has 0 aliphatic carbocycles. The molecule has 6 nitrogen and oxygen atoms in total. The Morgan fingerprint density at radius 3 is 2.97 bits per heavy atom. The van der Waals surface area contributed by atoms with E-state index in [9.17, 15) is 4.39 Å². The highest BCUT2D eigenvalue weighted by Gasteiger charge is 2.26. The van der Waals surface area contributed by atoms with Gasteiger partial charge in [0.2, 0.25) is 0 Å². The number of ether oxygens (including phenoxy) is 1. The van der Waals surface area contributed by atoms with Gasteiger partial charge in [-0.05, 0) is 43.5 Å². The molecule has 4 rings (SSSR count). The van der Waals surface area contributed by atoms with Crippen LogP contribution >= 0.6 is 24.0 Å². The molecule has 8 heteroatoms. The van der Waals surface area contributed by atoms with Crippen molar-refractivity contribution in [1.29, 1.82) is 0 Å². The van der Waals surface area contributed by atoms with Gasteiger partial charge in [0.1, 0.15) is 5.75 Å². The van der Waals surface area contributed by atoms with Gasteiger partial charge in [0.05, 0.1) is 6.61 Å². The van der Waals surface area contributed by atoms with Crippen molar-refractivity contribution in [1.82, 2.24) is 15.6 Å². The molecule has 1 aromatic carbocycles. The van der Waals surface area contributed by atoms with Crippen LogP contribution in [-0.4, -0.2) is 49.8 Å². The quantitative estimate of drug-likeness (QED) is 0.356. The summed E-state index contributed by atoms with van der Waals surface area (Å²) < 4.78 is 19.8. The summed E-state index contributed by atoms with van der Waals surface area (Å²) in [6.07, 6.45) is 3.52. The lowest BCUT2D eigenvalue weighted by atomic mass is 9.93. The Labute approximate surface area is 194 Å². The van der Waals surface area contributed by atoms with E-state index in [4.69, 9.17) is 9.73 Å². The van der Waals surface area contributed by atoms with E-state index in [2.05, 4.69) is 34.7 Å². The van der Waals surface area contributed by atoms with E-state index in [1.807, 2.05) is 17.0 Å². The Kier molecular flexibility index (Phi) is 8.12. The molecule has 2 N–H and O–H groups in total. The second-order valence-corrected chi connectivity index (χ2v) is 7.48. The predicted molar refractivity (Wildman–Crippen MR) is 129 cm³/mol. The number of hydrogen-bond acceptors (Lipinski definition) is 4. The molecule has 0 saturated carbocycles. The number of fused-ring (bicyclic) bond motifs is 1. The maximum atomic E-state index is 14.0. The van der Waals surface area contributed by atoms with E-state index < -0.39 is 0 Å². The number of benzene rings is 1. The maximum Gasteiger partial charge on any atom is 0.191 e. The van der Waals surface area contributed by atoms with E-state index in [0.717, 1.165) is 44.2 Å². The molecule has 2 aromatic rings. The number of aliphatic imine (C=N–C) groups is 1. The summed E-state index contributed by atoms with van der Waals surface area (Å²) in [5.41, 5.74) is 1.23. The van der Waals surface area contributed by atoms with Crippen LogP contribution in [-0.2, 0) is 0 Å². The molecule has 0 amide bonds. The minimum Gasteiger partial charge on any atom is -0.493 e. The van der Waals surface area contributed by atoms with E-state index in [-0.39, 0.29) is 35.8 Å². The molecular formula is C22H29FIN5O. The zero-order chi connectivity index (χ0) is 20.1. The summed E-state index contributed by atoms with van der Waals surface area (Å²) in [6.45, 7) is 5.78. The van der Waals surface area contributed by atoms with Crippen molar-refractivity contribution in [2.75, 3.05) is 37.7 Å². The van der Waals surface area contributed by atoms with Crippen LogP contribution in [0.25, 0.3) is 0 Å². The second-order valence-electron chi connectivity index (χ2n) is 7.48. The highest BCUT2D eigenvalue weighted by Crippen LogP contribution is 2.33. The molecule has 2 unspecified atom stereocenters. The Hall–Kier alpha value is -2.10. The van der Waals surface area contributed by atoms with Gasteiger partial charge < -0.3 is 20.3 Å². The van der Waals surface area contributed by atoms with Crippen LogP contribution in [0.1, 0.15) is 31.2 Å². The molecule has 1 aromatic heterocycles. The normalized spacial score (nSPS) is 20.7. The van der Waals surface area contributed by atoms with Crippen LogP contribution in [0.3, 0.4) is 0 Å². The fourth-order valence-corrected chi connectivity index (χ4v) is 4.00. The van der Waals surface area contributed by atoms with E-state index in [0.29, 0.717) is 24.8 Å². The van der Waals surface area contributed by atoms with Gasteiger partial charge in [-0.2, -0.15) is 0 Å². The number of pyridine rings is 1. The van der Waals surface area contributed by atoms with Crippen LogP contribution in [0.4, 0.5) is 10.2 Å². The van der Waals surface area contributed by atoms with E-state index in [1.54, 1.807) is 12.3 Å². The van der Waals surface area contributed by atoms with Crippen molar-refractivity contribution < 1.29 is 9.13 Å². The third kappa shape index (κ3) is 5.33. The number of guanidine groups is 1. The second kappa shape index (κ2) is 10.8. The van der Waals surface area contributed by atoms with Crippen molar-refractivity contribution in [2.24, 2.45) is 4.99 Å². The van der Waals surface area contributed by atoms with E-state index in [1.165, 1.54) is 11.6 Å². The lowest BCUT2D eigenvalue weighted by Crippen LogP contribution is -2.45. The third-order valence-corrected chi connectivity index (χ3v) is 5.46. The monoisotopic (exact) mass is 525 g/mol. The number of nitrogens with zero attached hydrogens (tertiary/aromatic N) is 3. The zero-order valence-electron chi connectivity index (χ0n) is 17.2. The largest absolute Gasteiger partial charge is 0.493 e. The molecule has 2 aliphatic heterocycles. The summed E-state index contributed by atoms with van der Waals surface area (Å²) in [7, 11) is 0. The molecule has 30 heavy (non-hydrogen) atoms. The first kappa shape index (κ1) is 22.6. The summed E-state index contributed by atoms with van der Waals surface area (Å²) in [4.78, 5) is 11.0. The van der Waals surface area contributed by atoms with Crippen molar-refractivity contribution in [2.45, 2.75) is 31.7 Å². The number of anilines is 1. The van der Waals surface area contributed by atoms with Crippen LogP contribution in [0.15, 0.2) is 47.6 Å². The Morgan fingerprint density at radius 1 is 1.27 bits per heavy atom. The molecule has 1 saturated heterocycles. The van der Waals surface area contributed by atoms with Gasteiger partial charge in [0.15, 0.2) is 17.6 Å². The summed E-state index contributed by atoms with van der Waals surface area (Å²) in [6, 6.07) is 11.5. The molecule has 2 atom stereocenters. The highest BCUT2D eigenvalue weighted by molar-refractivity contribution is 14.0. The van der Waals surface area contributed by atoms with Crippen LogP contribution in [0.5, 0.6) is 5.75 Å². The molecule has 2 aliphatic rings. The van der Waals surface area contributed by atoms with Gasteiger partial charge in [0, 0.05) is 44.3 Å². The van der Waals surface area contributed by atoms with Gasteiger partial charge in [0.25, 0.3) is 0 Å². The van der Waals surface area contributed by atoms with Crippen molar-refractivity contribution in [3.8, 4) is 5.75 Å². The fourth-order valence-electron chi connectivity index (χ4n) is 4.00. The van der Waals surface area contributed by atoms with Gasteiger partial charge in [-0.15, -0.1) is 24.0 Å². The first-order valence-electron chi connectivity index (χ1n) is 10.4. The summed E-state index contributed by atoms with van der Waals surface area (Å²) in [5, 5.41) is 6.85. The summed E-state index contributed by atoms with van der Waals surface area (Å²) >= 11 is 0. The number of hydrogen-bond donors (Lipinski definition) is 2. The Morgan fingerprint density at radius 2 is 2.13 bits per heavy atom. The third-order valence-electron chi connectivity index (χ3n) is 5.46. The fraction of sp³-hybridized carbons (Fsp3) is 0.455. The number of nitrogens with one attached hydrogen (secondary N) is 2. The topological polar surface area (TPSA) is 61.8 Å². The Bertz CT molecular complexity index is 865. The lowest BCUT2D eigenvalue weighted by molar-refractivity contribution is 0.269. The minimum absolute atomic E-state index is 0. The molecule has 162 valence electrons. The molecule has 3 heterocycles. The molecule has 1 fully saturated rings. The van der Waals surface area contributed by atoms with Gasteiger partial charge in [-0.25, -0.2) is 9.37 Å². The van der Waals surface area contributed by atoms with Gasteiger partial charge >= 0.3 is 0 Å². The maximum absolute atomic E-state index is 14.0. The first-order valence-corrected chi connectivity index (χ1v) is 10.4. The smallest absolute Gasteiger partial charge is 0.191 e. The number of aromatic nitrogens is 1. The van der Waals surface area contributed by atoms with Crippen LogP contribution in [0.2, 0.25) is 0 Å². The number of halogens is 2. The number of para-hydroxylation sites is 1. The molecule has 0 radical (unpaired) electrons. The molecular weight excluding hydrogens is 496 g/mol. The molecule has 0 bridgehead atoms. The number of rotatable bonds is 5. The van der Waals surface area contributed by atoms with Gasteiger partial charge in [-0.3, -0.25) is 4.99 Å². The summed E-state index contributed by atoms with van der Waals surface area (Å²) in [5.74, 6) is 2.30. The first-order chi connectivity index (χ1) is 14.2. The standard InChI is InChI=1S/C22H28FN5O.HI/c1-2-24-22(26-14-16-10-13-29-20-8-4-3-6-18(16)20)27-17-9-12-28(15-17)21-19(23)7-5-11-25-21;/h3-8,11,16-17H,2,9-10,12-15H2,1H3,(H2,24,26,27);1H. The SMILES string of the molecule is CCNC(=NCC1CCOc2ccccc21)NC1CCN(c2ncccc2F)C1.I. The predicted octanol–water partition coefficient (Wildman–Crippen LogP) is 3.54. The Balaban J connectivity index is 0.00000256. The van der Waals surface area contributed by atoms with Gasteiger partial charge in [-0.1, -0.05) is 18.2 Å². The van der Waals surface area contributed by atoms with Crippen molar-refractivity contribution in [3.05, 3.63) is 54.0 Å². The average Bonchev–Trinajstić information content (AvgIpc) is 3.20. The minimum atomic E-state index is -0.271. The van der Waals surface area contributed by atoms with E-state index >= 15 is 0 Å². The highest BCUT2D eigenvalue weighted by atomic mass is 127. The molecule has 0 spiro atoms. The van der Waals surface area contributed by atoms with Crippen molar-refractivity contribution in [3.63, 3.8) is 0 Å². The zero-order valence-corrected chi connectivity index (χ0v) is 19.5. The average molecular weight is 525 g/mol. The lowest BCUT2D eigenvalue weighted by Gasteiger charge is -2.25. The van der Waals surface area contributed by atoms with Crippen molar-refractivity contribution >= 4 is 35.8 Å². The van der Waals surface area contributed by atoms with Crippen LogP contribution in [0, 0.1) is 5.82 Å².